The molecule has 1 fully saturated rings. The topological polar surface area (TPSA) is 101 Å². The van der Waals surface area contributed by atoms with Crippen molar-refractivity contribution in [3.05, 3.63) is 30.7 Å². The number of imidazole rings is 2. The second kappa shape index (κ2) is 5.87. The third-order valence-corrected chi connectivity index (χ3v) is 4.28. The van der Waals surface area contributed by atoms with Gasteiger partial charge in [0.25, 0.3) is 5.91 Å². The monoisotopic (exact) mass is 347 g/mol. The first-order valence-corrected chi connectivity index (χ1v) is 7.90. The average Bonchev–Trinajstić information content (AvgIpc) is 3.26. The number of halogens is 2. The summed E-state index contributed by atoms with van der Waals surface area (Å²) in [6.07, 6.45) is 6.20. The highest BCUT2D eigenvalue weighted by Gasteiger charge is 2.35. The largest absolute Gasteiger partial charge is 0.348 e. The van der Waals surface area contributed by atoms with Crippen molar-refractivity contribution in [1.82, 2.24) is 34.8 Å². The Morgan fingerprint density at radius 2 is 2.12 bits per heavy atom. The molecule has 0 aliphatic heterocycles. The van der Waals surface area contributed by atoms with Gasteiger partial charge in [0.2, 0.25) is 11.9 Å². The molecule has 4 rings (SSSR count). The van der Waals surface area contributed by atoms with Gasteiger partial charge in [-0.3, -0.25) is 9.36 Å². The van der Waals surface area contributed by atoms with E-state index in [1.165, 1.54) is 12.7 Å². The number of H-pyrrole nitrogens is 1. The molecule has 0 atom stereocenters. The van der Waals surface area contributed by atoms with Crippen molar-refractivity contribution in [1.29, 1.82) is 0 Å². The first-order chi connectivity index (χ1) is 12.0. The fraction of sp³-hybridized carbons (Fsp3) is 0.400. The number of hydrogen-bond donors (Lipinski definition) is 2. The number of carbonyl (C=O) groups excluding carboxylic acids is 1. The second-order valence-electron chi connectivity index (χ2n) is 6.05. The average molecular weight is 347 g/mol. The van der Waals surface area contributed by atoms with Crippen molar-refractivity contribution in [2.24, 2.45) is 0 Å². The number of nitrogens with zero attached hydrogens (tertiary/aromatic N) is 5. The Labute approximate surface area is 140 Å². The fourth-order valence-corrected chi connectivity index (χ4v) is 2.92. The maximum Gasteiger partial charge on any atom is 0.272 e. The molecule has 3 heterocycles. The van der Waals surface area contributed by atoms with Crippen molar-refractivity contribution in [3.63, 3.8) is 0 Å². The van der Waals surface area contributed by atoms with E-state index in [-0.39, 0.29) is 43.4 Å². The van der Waals surface area contributed by atoms with E-state index in [9.17, 15) is 13.6 Å². The van der Waals surface area contributed by atoms with E-state index in [2.05, 4.69) is 30.2 Å². The van der Waals surface area contributed by atoms with Gasteiger partial charge in [0.1, 0.15) is 11.8 Å². The van der Waals surface area contributed by atoms with Gasteiger partial charge >= 0.3 is 0 Å². The van der Waals surface area contributed by atoms with E-state index in [0.717, 1.165) is 0 Å². The van der Waals surface area contributed by atoms with Gasteiger partial charge in [-0.2, -0.15) is 4.98 Å². The Bertz CT molecular complexity index is 896. The highest BCUT2D eigenvalue weighted by Crippen LogP contribution is 2.33. The van der Waals surface area contributed by atoms with Gasteiger partial charge in [-0.1, -0.05) is 0 Å². The third-order valence-electron chi connectivity index (χ3n) is 4.28. The normalized spacial score (nSPS) is 17.7. The fourth-order valence-electron chi connectivity index (χ4n) is 2.92. The summed E-state index contributed by atoms with van der Waals surface area (Å²) in [4.78, 5) is 32.1. The summed E-state index contributed by atoms with van der Waals surface area (Å²) < 4.78 is 28.1. The number of rotatable bonds is 3. The van der Waals surface area contributed by atoms with Crippen LogP contribution < -0.4 is 5.32 Å². The quantitative estimate of drug-likeness (QED) is 0.753. The van der Waals surface area contributed by atoms with Crippen LogP contribution in [0.2, 0.25) is 0 Å². The summed E-state index contributed by atoms with van der Waals surface area (Å²) in [6, 6.07) is -0.295. The van der Waals surface area contributed by atoms with Crippen LogP contribution >= 0.6 is 0 Å². The smallest absolute Gasteiger partial charge is 0.272 e. The van der Waals surface area contributed by atoms with E-state index in [1.807, 2.05) is 0 Å². The lowest BCUT2D eigenvalue weighted by Crippen LogP contribution is -2.40. The van der Waals surface area contributed by atoms with E-state index in [0.29, 0.717) is 11.2 Å². The van der Waals surface area contributed by atoms with Gasteiger partial charge in [-0.25, -0.2) is 23.7 Å². The maximum atomic E-state index is 13.3. The molecule has 130 valence electrons. The number of nitrogens with one attached hydrogen (secondary N) is 2. The van der Waals surface area contributed by atoms with Crippen molar-refractivity contribution >= 4 is 17.1 Å². The third kappa shape index (κ3) is 3.06. The molecule has 1 saturated carbocycles. The number of carbonyl (C=O) groups is 1. The van der Waals surface area contributed by atoms with Crippen LogP contribution in [0.5, 0.6) is 0 Å². The summed E-state index contributed by atoms with van der Waals surface area (Å²) >= 11 is 0. The van der Waals surface area contributed by atoms with Crippen LogP contribution in [0.3, 0.4) is 0 Å². The Morgan fingerprint density at radius 3 is 2.84 bits per heavy atom. The second-order valence-corrected chi connectivity index (χ2v) is 6.05. The molecule has 0 radical (unpaired) electrons. The van der Waals surface area contributed by atoms with E-state index < -0.39 is 11.8 Å². The lowest BCUT2D eigenvalue weighted by Gasteiger charge is -2.28. The van der Waals surface area contributed by atoms with Crippen molar-refractivity contribution in [3.8, 4) is 5.95 Å². The zero-order chi connectivity index (χ0) is 17.4. The van der Waals surface area contributed by atoms with Crippen molar-refractivity contribution < 1.29 is 13.6 Å². The van der Waals surface area contributed by atoms with Crippen LogP contribution in [0, 0.1) is 0 Å². The number of amides is 1. The van der Waals surface area contributed by atoms with E-state index in [4.69, 9.17) is 0 Å². The van der Waals surface area contributed by atoms with Crippen LogP contribution in [-0.2, 0) is 0 Å². The molecule has 0 bridgehead atoms. The minimum Gasteiger partial charge on any atom is -0.348 e. The molecular formula is C15H15F2N7O. The number of aromatic nitrogens is 6. The summed E-state index contributed by atoms with van der Waals surface area (Å²) in [6.45, 7) is 0. The molecule has 0 aromatic carbocycles. The van der Waals surface area contributed by atoms with Gasteiger partial charge in [0.15, 0.2) is 11.3 Å². The lowest BCUT2D eigenvalue weighted by molar-refractivity contribution is -0.0399. The number of hydrogen-bond acceptors (Lipinski definition) is 5. The Hall–Kier alpha value is -2.91. The van der Waals surface area contributed by atoms with Crippen molar-refractivity contribution in [2.45, 2.75) is 37.6 Å². The van der Waals surface area contributed by atoms with E-state index >= 15 is 0 Å². The summed E-state index contributed by atoms with van der Waals surface area (Å²) in [5.41, 5.74) is 0.880. The molecule has 10 heteroatoms. The Balaban J connectivity index is 1.62. The highest BCUT2D eigenvalue weighted by atomic mass is 19.3. The van der Waals surface area contributed by atoms with E-state index in [1.54, 1.807) is 17.0 Å². The van der Waals surface area contributed by atoms with Gasteiger partial charge in [0.05, 0.1) is 6.33 Å². The Kier molecular flexibility index (Phi) is 3.66. The maximum absolute atomic E-state index is 13.3. The molecule has 2 N–H and O–H groups in total. The first kappa shape index (κ1) is 15.6. The summed E-state index contributed by atoms with van der Waals surface area (Å²) in [7, 11) is 0. The molecule has 1 amide bonds. The zero-order valence-corrected chi connectivity index (χ0v) is 13.1. The first-order valence-electron chi connectivity index (χ1n) is 7.90. The van der Waals surface area contributed by atoms with Crippen LogP contribution in [0.4, 0.5) is 8.78 Å². The predicted octanol–water partition coefficient (Wildman–Crippen LogP) is 1.85. The Morgan fingerprint density at radius 1 is 1.32 bits per heavy atom. The van der Waals surface area contributed by atoms with Gasteiger partial charge in [-0.05, 0) is 12.8 Å². The molecule has 8 nitrogen and oxygen atoms in total. The van der Waals surface area contributed by atoms with Gasteiger partial charge < -0.3 is 10.3 Å². The molecular weight excluding hydrogens is 332 g/mol. The zero-order valence-electron chi connectivity index (χ0n) is 13.1. The molecule has 1 aliphatic rings. The van der Waals surface area contributed by atoms with Crippen LogP contribution in [0.15, 0.2) is 25.0 Å². The molecule has 25 heavy (non-hydrogen) atoms. The molecule has 1 aliphatic carbocycles. The SMILES string of the molecule is O=C(NC1CCC(F)(F)CC1)c1nc(-n2ccnc2)nc2nc[nH]c12. The molecule has 0 saturated heterocycles. The van der Waals surface area contributed by atoms with Crippen LogP contribution in [-0.4, -0.2) is 47.4 Å². The number of alkyl halides is 2. The summed E-state index contributed by atoms with van der Waals surface area (Å²) in [5.74, 6) is -2.81. The summed E-state index contributed by atoms with van der Waals surface area (Å²) in [5, 5.41) is 2.79. The molecule has 3 aromatic heterocycles. The molecule has 0 unspecified atom stereocenters. The predicted molar refractivity (Wildman–Crippen MR) is 83.5 cm³/mol. The minimum absolute atomic E-state index is 0.128. The number of fused-ring (bicyclic) bond motifs is 1. The minimum atomic E-state index is -2.64. The van der Waals surface area contributed by atoms with Gasteiger partial charge in [0, 0.05) is 31.3 Å². The number of aromatic amines is 1. The van der Waals surface area contributed by atoms with Crippen LogP contribution in [0.1, 0.15) is 36.2 Å². The van der Waals surface area contributed by atoms with Gasteiger partial charge in [-0.15, -0.1) is 0 Å². The molecule has 0 spiro atoms. The standard InChI is InChI=1S/C15H15F2N7O/c16-15(17)3-1-9(2-4-15)21-13(25)11-10-12(20-7-19-10)23-14(22-11)24-6-5-18-8-24/h5-9H,1-4H2,(H,21,25)(H,19,20,22,23). The molecule has 3 aromatic rings. The lowest BCUT2D eigenvalue weighted by atomic mass is 9.92. The highest BCUT2D eigenvalue weighted by molar-refractivity contribution is 6.02. The van der Waals surface area contributed by atoms with Crippen LogP contribution in [0.25, 0.3) is 17.1 Å². The van der Waals surface area contributed by atoms with Crippen molar-refractivity contribution in [2.75, 3.05) is 0 Å².